The average molecular weight is 252 g/mol. The largest absolute Gasteiger partial charge is 0.398 e. The summed E-state index contributed by atoms with van der Waals surface area (Å²) in [5.41, 5.74) is 5.62. The zero-order valence-corrected chi connectivity index (χ0v) is 9.48. The van der Waals surface area contributed by atoms with E-state index in [-0.39, 0.29) is 27.8 Å². The van der Waals surface area contributed by atoms with Crippen LogP contribution in [0, 0.1) is 0 Å². The van der Waals surface area contributed by atoms with Gasteiger partial charge in [0.1, 0.15) is 4.90 Å². The van der Waals surface area contributed by atoms with Crippen LogP contribution in [0.1, 0.15) is 6.42 Å². The summed E-state index contributed by atoms with van der Waals surface area (Å²) in [6.07, 6.45) is -0.0486. The molecule has 0 atom stereocenters. The number of nitrogens with two attached hydrogens (primary N) is 1. The molecule has 0 unspecified atom stereocenters. The van der Waals surface area contributed by atoms with Gasteiger partial charge in [-0.1, -0.05) is 17.7 Å². The average Bonchev–Trinajstić information content (AvgIpc) is 2.14. The molecule has 0 saturated heterocycles. The molecule has 0 aromatic heterocycles. The standard InChI is InChI=1S/C9H11ClFNO2S/c10-7-3-1-4-8(12)9(7)15(13,14)6-2-5-11/h1,3-4H,2,5-6,12H2. The molecular formula is C9H11ClFNO2S. The molecule has 0 aliphatic heterocycles. The van der Waals surface area contributed by atoms with E-state index in [1.54, 1.807) is 6.07 Å². The summed E-state index contributed by atoms with van der Waals surface area (Å²) in [4.78, 5) is -0.0971. The molecule has 1 aromatic carbocycles. The number of alkyl halides is 1. The van der Waals surface area contributed by atoms with Crippen molar-refractivity contribution in [3.63, 3.8) is 0 Å². The Morgan fingerprint density at radius 1 is 1.40 bits per heavy atom. The molecule has 0 spiro atoms. The minimum Gasteiger partial charge on any atom is -0.398 e. The number of nitrogen functional groups attached to an aromatic ring is 1. The first-order valence-corrected chi connectivity index (χ1v) is 6.35. The van der Waals surface area contributed by atoms with Crippen molar-refractivity contribution in [1.29, 1.82) is 0 Å². The van der Waals surface area contributed by atoms with Gasteiger partial charge in [-0.3, -0.25) is 4.39 Å². The van der Waals surface area contributed by atoms with E-state index in [0.717, 1.165) is 0 Å². The SMILES string of the molecule is Nc1cccc(Cl)c1S(=O)(=O)CCCF. The summed E-state index contributed by atoms with van der Waals surface area (Å²) in [6, 6.07) is 4.46. The normalized spacial score (nSPS) is 11.6. The maximum Gasteiger partial charge on any atom is 0.181 e. The van der Waals surface area contributed by atoms with Crippen LogP contribution in [0.15, 0.2) is 23.1 Å². The Balaban J connectivity index is 3.15. The predicted octanol–water partition coefficient (Wildman–Crippen LogP) is 2.06. The second kappa shape index (κ2) is 4.81. The number of sulfone groups is 1. The number of hydrogen-bond acceptors (Lipinski definition) is 3. The highest BCUT2D eigenvalue weighted by Crippen LogP contribution is 2.28. The van der Waals surface area contributed by atoms with Gasteiger partial charge in [0.05, 0.1) is 23.1 Å². The number of anilines is 1. The highest BCUT2D eigenvalue weighted by atomic mass is 35.5. The highest BCUT2D eigenvalue weighted by Gasteiger charge is 2.20. The van der Waals surface area contributed by atoms with Gasteiger partial charge >= 0.3 is 0 Å². The van der Waals surface area contributed by atoms with E-state index in [0.29, 0.717) is 0 Å². The Morgan fingerprint density at radius 2 is 2.07 bits per heavy atom. The lowest BCUT2D eigenvalue weighted by molar-refractivity contribution is 0.484. The van der Waals surface area contributed by atoms with Crippen molar-refractivity contribution in [2.24, 2.45) is 0 Å². The predicted molar refractivity (Wildman–Crippen MR) is 58.5 cm³/mol. The van der Waals surface area contributed by atoms with Crippen molar-refractivity contribution in [3.8, 4) is 0 Å². The van der Waals surface area contributed by atoms with E-state index < -0.39 is 16.5 Å². The summed E-state index contributed by atoms with van der Waals surface area (Å²) in [5.74, 6) is -0.280. The van der Waals surface area contributed by atoms with Crippen molar-refractivity contribution in [2.45, 2.75) is 11.3 Å². The number of benzene rings is 1. The van der Waals surface area contributed by atoms with Crippen LogP contribution >= 0.6 is 11.6 Å². The van der Waals surface area contributed by atoms with Crippen LogP contribution in [0.3, 0.4) is 0 Å². The smallest absolute Gasteiger partial charge is 0.181 e. The van der Waals surface area contributed by atoms with Crippen LogP contribution in [0.25, 0.3) is 0 Å². The van der Waals surface area contributed by atoms with Gasteiger partial charge in [0.15, 0.2) is 9.84 Å². The van der Waals surface area contributed by atoms with E-state index in [2.05, 4.69) is 0 Å². The summed E-state index contributed by atoms with van der Waals surface area (Å²) in [5, 5.41) is 0.0776. The van der Waals surface area contributed by atoms with E-state index in [4.69, 9.17) is 17.3 Å². The van der Waals surface area contributed by atoms with E-state index >= 15 is 0 Å². The second-order valence-electron chi connectivity index (χ2n) is 3.02. The van der Waals surface area contributed by atoms with Crippen molar-refractivity contribution in [3.05, 3.63) is 23.2 Å². The Bertz CT molecular complexity index is 427. The fraction of sp³-hybridized carbons (Fsp3) is 0.333. The monoisotopic (exact) mass is 251 g/mol. The third kappa shape index (κ3) is 2.82. The molecule has 0 aliphatic carbocycles. The molecule has 0 heterocycles. The summed E-state index contributed by atoms with van der Waals surface area (Å²) in [6.45, 7) is -0.677. The molecule has 2 N–H and O–H groups in total. The lowest BCUT2D eigenvalue weighted by atomic mass is 10.3. The zero-order chi connectivity index (χ0) is 11.5. The minimum atomic E-state index is -3.58. The van der Waals surface area contributed by atoms with Crippen LogP contribution < -0.4 is 5.73 Å². The Morgan fingerprint density at radius 3 is 2.60 bits per heavy atom. The molecule has 15 heavy (non-hydrogen) atoms. The van der Waals surface area contributed by atoms with Crippen LogP contribution in [-0.2, 0) is 9.84 Å². The quantitative estimate of drug-likeness (QED) is 0.834. The second-order valence-corrected chi connectivity index (χ2v) is 5.47. The third-order valence-corrected chi connectivity index (χ3v) is 4.19. The van der Waals surface area contributed by atoms with Crippen LogP contribution in [0.5, 0.6) is 0 Å². The fourth-order valence-corrected chi connectivity index (χ4v) is 3.22. The third-order valence-electron chi connectivity index (χ3n) is 1.86. The highest BCUT2D eigenvalue weighted by molar-refractivity contribution is 7.91. The fourth-order valence-electron chi connectivity index (χ4n) is 1.20. The molecule has 1 rings (SSSR count). The maximum absolute atomic E-state index is 11.9. The van der Waals surface area contributed by atoms with Crippen molar-refractivity contribution >= 4 is 27.1 Å². The molecule has 6 heteroatoms. The van der Waals surface area contributed by atoms with Gasteiger partial charge in [0.2, 0.25) is 0 Å². The van der Waals surface area contributed by atoms with Gasteiger partial charge in [0.25, 0.3) is 0 Å². The summed E-state index contributed by atoms with van der Waals surface area (Å²) in [7, 11) is -3.58. The van der Waals surface area contributed by atoms with Gasteiger partial charge in [-0.2, -0.15) is 0 Å². The number of hydrogen-bond donors (Lipinski definition) is 1. The van der Waals surface area contributed by atoms with Crippen LogP contribution in [-0.4, -0.2) is 20.8 Å². The molecule has 0 saturated carbocycles. The molecule has 0 fully saturated rings. The Kier molecular flexibility index (Phi) is 3.93. The van der Waals surface area contributed by atoms with Gasteiger partial charge < -0.3 is 5.73 Å². The first-order valence-electron chi connectivity index (χ1n) is 4.32. The summed E-state index contributed by atoms with van der Waals surface area (Å²) < 4.78 is 35.3. The first-order chi connectivity index (χ1) is 6.99. The van der Waals surface area contributed by atoms with Crippen LogP contribution in [0.4, 0.5) is 10.1 Å². The van der Waals surface area contributed by atoms with Gasteiger partial charge in [-0.05, 0) is 18.6 Å². The zero-order valence-electron chi connectivity index (χ0n) is 7.91. The Hall–Kier alpha value is -0.810. The first kappa shape index (κ1) is 12.3. The van der Waals surface area contributed by atoms with Crippen LogP contribution in [0.2, 0.25) is 5.02 Å². The lowest BCUT2D eigenvalue weighted by Crippen LogP contribution is -2.10. The molecule has 3 nitrogen and oxygen atoms in total. The van der Waals surface area contributed by atoms with Crippen molar-refractivity contribution in [2.75, 3.05) is 18.2 Å². The molecule has 0 amide bonds. The summed E-state index contributed by atoms with van der Waals surface area (Å²) >= 11 is 5.74. The minimum absolute atomic E-state index is 0.0486. The van der Waals surface area contributed by atoms with Crippen molar-refractivity contribution < 1.29 is 12.8 Å². The molecular weight excluding hydrogens is 241 g/mol. The molecule has 0 radical (unpaired) electrons. The molecule has 0 aliphatic rings. The lowest BCUT2D eigenvalue weighted by Gasteiger charge is -2.08. The van der Waals surface area contributed by atoms with E-state index in [9.17, 15) is 12.8 Å². The number of halogens is 2. The van der Waals surface area contributed by atoms with Gasteiger partial charge in [0, 0.05) is 0 Å². The Labute approximate surface area is 93.0 Å². The molecule has 1 aromatic rings. The molecule has 84 valence electrons. The topological polar surface area (TPSA) is 60.2 Å². The number of rotatable bonds is 4. The molecule has 0 bridgehead atoms. The maximum atomic E-state index is 11.9. The van der Waals surface area contributed by atoms with Crippen molar-refractivity contribution in [1.82, 2.24) is 0 Å². The van der Waals surface area contributed by atoms with E-state index in [1.807, 2.05) is 0 Å². The van der Waals surface area contributed by atoms with E-state index in [1.165, 1.54) is 12.1 Å². The van der Waals surface area contributed by atoms with Gasteiger partial charge in [-0.15, -0.1) is 0 Å². The van der Waals surface area contributed by atoms with Gasteiger partial charge in [-0.25, -0.2) is 8.42 Å².